The van der Waals surface area contributed by atoms with Crippen molar-refractivity contribution in [1.29, 1.82) is 0 Å². The maximum absolute atomic E-state index is 12.4. The molecule has 1 aromatic carbocycles. The number of carbonyl (C=O) groups is 1. The van der Waals surface area contributed by atoms with Gasteiger partial charge in [0.1, 0.15) is 0 Å². The van der Waals surface area contributed by atoms with Crippen molar-refractivity contribution in [2.45, 2.75) is 49.0 Å². The molecule has 22 heavy (non-hydrogen) atoms. The maximum Gasteiger partial charge on any atom is 0.230 e. The average Bonchev–Trinajstić information content (AvgIpc) is 2.44. The fourth-order valence-corrected chi connectivity index (χ4v) is 6.34. The zero-order valence-corrected chi connectivity index (χ0v) is 14.3. The van der Waals surface area contributed by atoms with Crippen LogP contribution in [0, 0.1) is 17.8 Å². The van der Waals surface area contributed by atoms with Crippen molar-refractivity contribution >= 4 is 29.3 Å². The molecule has 0 unspecified atom stereocenters. The van der Waals surface area contributed by atoms with Gasteiger partial charge in [-0.15, -0.1) is 11.8 Å². The molecule has 118 valence electrons. The SMILES string of the molecule is O=C(CSc1ccccc1Cl)NC12CC3CC(CC(C3)C1)C2. The average molecular weight is 336 g/mol. The molecule has 0 atom stereocenters. The van der Waals surface area contributed by atoms with E-state index in [1.165, 1.54) is 50.3 Å². The number of thioether (sulfide) groups is 1. The third-order valence-electron chi connectivity index (χ3n) is 5.64. The van der Waals surface area contributed by atoms with Crippen LogP contribution >= 0.6 is 23.4 Å². The first kappa shape index (κ1) is 14.9. The fraction of sp³-hybridized carbons (Fsp3) is 0.611. The number of benzene rings is 1. The summed E-state index contributed by atoms with van der Waals surface area (Å²) in [6, 6.07) is 7.74. The van der Waals surface area contributed by atoms with Crippen LogP contribution < -0.4 is 5.32 Å². The van der Waals surface area contributed by atoms with Crippen LogP contribution in [0.4, 0.5) is 0 Å². The highest BCUT2D eigenvalue weighted by molar-refractivity contribution is 8.00. The third-order valence-corrected chi connectivity index (χ3v) is 7.15. The van der Waals surface area contributed by atoms with Gasteiger partial charge in [-0.1, -0.05) is 23.7 Å². The molecule has 5 rings (SSSR count). The van der Waals surface area contributed by atoms with Crippen LogP contribution in [0.5, 0.6) is 0 Å². The molecule has 0 radical (unpaired) electrons. The molecule has 0 aromatic heterocycles. The van der Waals surface area contributed by atoms with E-state index in [-0.39, 0.29) is 11.4 Å². The molecular weight excluding hydrogens is 314 g/mol. The van der Waals surface area contributed by atoms with E-state index in [9.17, 15) is 4.79 Å². The highest BCUT2D eigenvalue weighted by Gasteiger charge is 2.51. The lowest BCUT2D eigenvalue weighted by molar-refractivity contribution is -0.124. The molecule has 4 saturated carbocycles. The van der Waals surface area contributed by atoms with Crippen molar-refractivity contribution < 1.29 is 4.79 Å². The van der Waals surface area contributed by atoms with Gasteiger partial charge in [0, 0.05) is 10.4 Å². The molecule has 4 fully saturated rings. The Bertz CT molecular complexity index is 553. The number of nitrogens with one attached hydrogen (secondary N) is 1. The second-order valence-electron chi connectivity index (χ2n) is 7.47. The Balaban J connectivity index is 1.37. The summed E-state index contributed by atoms with van der Waals surface area (Å²) in [7, 11) is 0. The molecule has 4 aliphatic carbocycles. The van der Waals surface area contributed by atoms with E-state index in [0.717, 1.165) is 27.7 Å². The maximum atomic E-state index is 12.4. The molecule has 1 aromatic rings. The topological polar surface area (TPSA) is 29.1 Å². The summed E-state index contributed by atoms with van der Waals surface area (Å²) in [5.41, 5.74) is 0.118. The monoisotopic (exact) mass is 335 g/mol. The van der Waals surface area contributed by atoms with Gasteiger partial charge in [-0.2, -0.15) is 0 Å². The molecule has 0 saturated heterocycles. The molecule has 1 N–H and O–H groups in total. The second-order valence-corrected chi connectivity index (χ2v) is 8.89. The van der Waals surface area contributed by atoms with Gasteiger partial charge in [0.2, 0.25) is 5.91 Å². The summed E-state index contributed by atoms with van der Waals surface area (Å²) in [5, 5.41) is 4.14. The van der Waals surface area contributed by atoms with Crippen LogP contribution in [0.2, 0.25) is 5.02 Å². The van der Waals surface area contributed by atoms with Crippen molar-refractivity contribution in [1.82, 2.24) is 5.32 Å². The lowest BCUT2D eigenvalue weighted by atomic mass is 9.53. The van der Waals surface area contributed by atoms with Crippen LogP contribution in [-0.4, -0.2) is 17.2 Å². The van der Waals surface area contributed by atoms with Gasteiger partial charge in [0.15, 0.2) is 0 Å². The van der Waals surface area contributed by atoms with Crippen molar-refractivity contribution in [2.24, 2.45) is 17.8 Å². The largest absolute Gasteiger partial charge is 0.350 e. The highest BCUT2D eigenvalue weighted by Crippen LogP contribution is 2.55. The molecule has 1 amide bonds. The smallest absolute Gasteiger partial charge is 0.230 e. The van der Waals surface area contributed by atoms with E-state index >= 15 is 0 Å². The van der Waals surface area contributed by atoms with Gasteiger partial charge < -0.3 is 5.32 Å². The van der Waals surface area contributed by atoms with Gasteiger partial charge in [-0.25, -0.2) is 0 Å². The molecule has 4 bridgehead atoms. The Hall–Kier alpha value is -0.670. The molecule has 2 nitrogen and oxygen atoms in total. The van der Waals surface area contributed by atoms with E-state index in [1.807, 2.05) is 24.3 Å². The lowest BCUT2D eigenvalue weighted by Crippen LogP contribution is -2.60. The Labute approximate surface area is 141 Å². The predicted octanol–water partition coefficient (Wildman–Crippen LogP) is 4.52. The first-order valence-corrected chi connectivity index (χ1v) is 9.67. The van der Waals surface area contributed by atoms with Crippen molar-refractivity contribution in [3.8, 4) is 0 Å². The Morgan fingerprint density at radius 3 is 2.32 bits per heavy atom. The first-order valence-electron chi connectivity index (χ1n) is 8.30. The molecule has 4 heteroatoms. The van der Waals surface area contributed by atoms with Gasteiger partial charge in [0.05, 0.1) is 10.8 Å². The van der Waals surface area contributed by atoms with Gasteiger partial charge in [0.25, 0.3) is 0 Å². The van der Waals surface area contributed by atoms with E-state index in [0.29, 0.717) is 5.75 Å². The van der Waals surface area contributed by atoms with Crippen LogP contribution in [0.25, 0.3) is 0 Å². The zero-order chi connectivity index (χ0) is 15.2. The molecule has 0 aliphatic heterocycles. The highest BCUT2D eigenvalue weighted by atomic mass is 35.5. The Morgan fingerprint density at radius 2 is 1.73 bits per heavy atom. The number of hydrogen-bond acceptors (Lipinski definition) is 2. The fourth-order valence-electron chi connectivity index (χ4n) is 5.30. The number of rotatable bonds is 4. The summed E-state index contributed by atoms with van der Waals surface area (Å²) in [6.07, 6.45) is 7.85. The van der Waals surface area contributed by atoms with Crippen molar-refractivity contribution in [3.63, 3.8) is 0 Å². The minimum atomic E-state index is 0.118. The molecule has 0 heterocycles. The quantitative estimate of drug-likeness (QED) is 0.820. The summed E-state index contributed by atoms with van der Waals surface area (Å²) >= 11 is 7.69. The Morgan fingerprint density at radius 1 is 1.14 bits per heavy atom. The van der Waals surface area contributed by atoms with E-state index in [4.69, 9.17) is 11.6 Å². The normalized spacial score (nSPS) is 35.6. The first-order chi connectivity index (χ1) is 10.6. The number of carbonyl (C=O) groups excluding carboxylic acids is 1. The third kappa shape index (κ3) is 2.90. The van der Waals surface area contributed by atoms with E-state index in [2.05, 4.69) is 5.32 Å². The molecular formula is C18H22ClNOS. The molecule has 4 aliphatic rings. The predicted molar refractivity (Wildman–Crippen MR) is 91.2 cm³/mol. The zero-order valence-electron chi connectivity index (χ0n) is 12.7. The number of hydrogen-bond donors (Lipinski definition) is 1. The van der Waals surface area contributed by atoms with Gasteiger partial charge >= 0.3 is 0 Å². The number of halogens is 1. The van der Waals surface area contributed by atoms with Crippen LogP contribution in [0.3, 0.4) is 0 Å². The summed E-state index contributed by atoms with van der Waals surface area (Å²) in [4.78, 5) is 13.4. The second kappa shape index (κ2) is 5.76. The van der Waals surface area contributed by atoms with Gasteiger partial charge in [-0.05, 0) is 68.4 Å². The van der Waals surface area contributed by atoms with E-state index in [1.54, 1.807) is 0 Å². The van der Waals surface area contributed by atoms with Crippen LogP contribution in [0.15, 0.2) is 29.2 Å². The standard InChI is InChI=1S/C18H22ClNOS/c19-15-3-1-2-4-16(15)22-11-17(21)20-18-8-12-5-13(9-18)7-14(6-12)10-18/h1-4,12-14H,5-11H2,(H,20,21). The van der Waals surface area contributed by atoms with Crippen molar-refractivity contribution in [2.75, 3.05) is 5.75 Å². The van der Waals surface area contributed by atoms with E-state index < -0.39 is 0 Å². The van der Waals surface area contributed by atoms with Gasteiger partial charge in [-0.3, -0.25) is 4.79 Å². The number of amides is 1. The molecule has 0 spiro atoms. The van der Waals surface area contributed by atoms with Crippen molar-refractivity contribution in [3.05, 3.63) is 29.3 Å². The summed E-state index contributed by atoms with van der Waals surface area (Å²) in [5.74, 6) is 3.23. The summed E-state index contributed by atoms with van der Waals surface area (Å²) < 4.78 is 0. The van der Waals surface area contributed by atoms with Crippen LogP contribution in [-0.2, 0) is 4.79 Å². The minimum Gasteiger partial charge on any atom is -0.350 e. The lowest BCUT2D eigenvalue weighted by Gasteiger charge is -2.56. The van der Waals surface area contributed by atoms with Crippen LogP contribution in [0.1, 0.15) is 38.5 Å². The minimum absolute atomic E-state index is 0.118. The summed E-state index contributed by atoms with van der Waals surface area (Å²) in [6.45, 7) is 0. The Kier molecular flexibility index (Phi) is 3.90.